The molecule has 1 aliphatic rings. The minimum absolute atomic E-state index is 0.0780. The molecule has 1 fully saturated rings. The van der Waals surface area contributed by atoms with Gasteiger partial charge in [0.2, 0.25) is 0 Å². The standard InChI is InChI=1S/C13H13F3N2OS/c14-13(15,16)8-1-2-11-10(7-8)17-12(19)18(11)9-3-5-20-6-4-9/h1-2,7,9H,3-6H2,(H,17,19). The number of hydrogen-bond donors (Lipinski definition) is 1. The highest BCUT2D eigenvalue weighted by atomic mass is 32.2. The number of hydrogen-bond acceptors (Lipinski definition) is 2. The molecule has 0 atom stereocenters. The van der Waals surface area contributed by atoms with Crippen LogP contribution in [0.3, 0.4) is 0 Å². The third-order valence-corrected chi connectivity index (χ3v) is 4.65. The van der Waals surface area contributed by atoms with Gasteiger partial charge in [-0.2, -0.15) is 24.9 Å². The Labute approximate surface area is 117 Å². The minimum atomic E-state index is -4.39. The topological polar surface area (TPSA) is 37.8 Å². The largest absolute Gasteiger partial charge is 0.416 e. The highest BCUT2D eigenvalue weighted by Gasteiger charge is 2.31. The molecular weight excluding hydrogens is 289 g/mol. The molecule has 0 radical (unpaired) electrons. The fourth-order valence-corrected chi connectivity index (χ4v) is 3.69. The number of H-pyrrole nitrogens is 1. The van der Waals surface area contributed by atoms with Gasteiger partial charge in [0.1, 0.15) is 0 Å². The molecule has 7 heteroatoms. The summed E-state index contributed by atoms with van der Waals surface area (Å²) in [6.07, 6.45) is -2.65. The van der Waals surface area contributed by atoms with Gasteiger partial charge in [-0.3, -0.25) is 4.57 Å². The Morgan fingerprint density at radius 3 is 2.60 bits per heavy atom. The smallest absolute Gasteiger partial charge is 0.306 e. The van der Waals surface area contributed by atoms with Crippen LogP contribution in [0.15, 0.2) is 23.0 Å². The maximum absolute atomic E-state index is 12.7. The number of nitrogens with one attached hydrogen (secondary N) is 1. The summed E-state index contributed by atoms with van der Waals surface area (Å²) in [6, 6.07) is 3.50. The first-order valence-corrected chi connectivity index (χ1v) is 7.51. The summed E-state index contributed by atoms with van der Waals surface area (Å²) in [7, 11) is 0. The van der Waals surface area contributed by atoms with Gasteiger partial charge in [-0.1, -0.05) is 0 Å². The van der Waals surface area contributed by atoms with Crippen LogP contribution in [0.2, 0.25) is 0 Å². The number of imidazole rings is 1. The van der Waals surface area contributed by atoms with Crippen LogP contribution in [-0.4, -0.2) is 21.1 Å². The predicted octanol–water partition coefficient (Wildman–Crippen LogP) is 3.42. The average molecular weight is 302 g/mol. The minimum Gasteiger partial charge on any atom is -0.306 e. The summed E-state index contributed by atoms with van der Waals surface area (Å²) in [5.74, 6) is 1.95. The fraction of sp³-hybridized carbons (Fsp3) is 0.462. The van der Waals surface area contributed by atoms with Crippen molar-refractivity contribution in [3.63, 3.8) is 0 Å². The second-order valence-electron chi connectivity index (χ2n) is 4.87. The number of fused-ring (bicyclic) bond motifs is 1. The van der Waals surface area contributed by atoms with Crippen molar-refractivity contribution in [2.75, 3.05) is 11.5 Å². The van der Waals surface area contributed by atoms with Crippen molar-refractivity contribution in [2.45, 2.75) is 25.1 Å². The Morgan fingerprint density at radius 1 is 1.25 bits per heavy atom. The molecule has 1 aliphatic heterocycles. The van der Waals surface area contributed by atoms with E-state index >= 15 is 0 Å². The van der Waals surface area contributed by atoms with E-state index in [-0.39, 0.29) is 17.2 Å². The van der Waals surface area contributed by atoms with E-state index in [9.17, 15) is 18.0 Å². The van der Waals surface area contributed by atoms with Crippen LogP contribution in [0.25, 0.3) is 11.0 Å². The highest BCUT2D eigenvalue weighted by molar-refractivity contribution is 7.99. The zero-order valence-electron chi connectivity index (χ0n) is 10.5. The summed E-state index contributed by atoms with van der Waals surface area (Å²) in [4.78, 5) is 14.6. The summed E-state index contributed by atoms with van der Waals surface area (Å²) < 4.78 is 39.6. The molecule has 3 rings (SSSR count). The molecule has 1 aromatic heterocycles. The second kappa shape index (κ2) is 4.87. The van der Waals surface area contributed by atoms with Crippen molar-refractivity contribution in [1.82, 2.24) is 9.55 Å². The predicted molar refractivity (Wildman–Crippen MR) is 73.2 cm³/mol. The summed E-state index contributed by atoms with van der Waals surface area (Å²) >= 11 is 1.84. The van der Waals surface area contributed by atoms with Crippen LogP contribution in [-0.2, 0) is 6.18 Å². The number of nitrogens with zero attached hydrogens (tertiary/aromatic N) is 1. The fourth-order valence-electron chi connectivity index (χ4n) is 2.61. The van der Waals surface area contributed by atoms with Gasteiger partial charge in [-0.25, -0.2) is 4.79 Å². The first-order chi connectivity index (χ1) is 9.47. The van der Waals surface area contributed by atoms with Crippen LogP contribution in [0.1, 0.15) is 24.4 Å². The van der Waals surface area contributed by atoms with Gasteiger partial charge in [-0.05, 0) is 42.5 Å². The highest BCUT2D eigenvalue weighted by Crippen LogP contribution is 2.32. The van der Waals surface area contributed by atoms with E-state index in [1.54, 1.807) is 4.57 Å². The number of aromatic nitrogens is 2. The Morgan fingerprint density at radius 2 is 1.95 bits per heavy atom. The maximum Gasteiger partial charge on any atom is 0.416 e. The first kappa shape index (κ1) is 13.6. The van der Waals surface area contributed by atoms with Gasteiger partial charge in [-0.15, -0.1) is 0 Å². The van der Waals surface area contributed by atoms with E-state index in [4.69, 9.17) is 0 Å². The zero-order valence-corrected chi connectivity index (χ0v) is 11.4. The molecule has 0 amide bonds. The van der Waals surface area contributed by atoms with Crippen LogP contribution >= 0.6 is 11.8 Å². The van der Waals surface area contributed by atoms with E-state index in [0.717, 1.165) is 36.5 Å². The number of rotatable bonds is 1. The molecular formula is C13H13F3N2OS. The van der Waals surface area contributed by atoms with E-state index in [1.165, 1.54) is 6.07 Å². The molecule has 2 aromatic rings. The number of aromatic amines is 1. The van der Waals surface area contributed by atoms with Gasteiger partial charge in [0.25, 0.3) is 0 Å². The SMILES string of the molecule is O=c1[nH]c2cc(C(F)(F)F)ccc2n1C1CCSCC1. The number of benzene rings is 1. The lowest BCUT2D eigenvalue weighted by atomic mass is 10.1. The third-order valence-electron chi connectivity index (χ3n) is 3.60. The molecule has 0 bridgehead atoms. The Kier molecular flexibility index (Phi) is 3.32. The Balaban J connectivity index is 2.10. The maximum atomic E-state index is 12.7. The molecule has 20 heavy (non-hydrogen) atoms. The van der Waals surface area contributed by atoms with Crippen molar-refractivity contribution < 1.29 is 13.2 Å². The molecule has 2 heterocycles. The average Bonchev–Trinajstić information content (AvgIpc) is 2.73. The number of alkyl halides is 3. The molecule has 108 valence electrons. The lowest BCUT2D eigenvalue weighted by Gasteiger charge is -2.22. The quantitative estimate of drug-likeness (QED) is 0.876. The third kappa shape index (κ3) is 2.34. The lowest BCUT2D eigenvalue weighted by Crippen LogP contribution is -2.25. The summed E-state index contributed by atoms with van der Waals surface area (Å²) in [6.45, 7) is 0. The molecule has 1 N–H and O–H groups in total. The van der Waals surface area contributed by atoms with E-state index in [0.29, 0.717) is 5.52 Å². The van der Waals surface area contributed by atoms with Crippen molar-refractivity contribution >= 4 is 22.8 Å². The molecule has 1 saturated heterocycles. The van der Waals surface area contributed by atoms with Gasteiger partial charge < -0.3 is 4.98 Å². The van der Waals surface area contributed by atoms with Crippen LogP contribution in [0, 0.1) is 0 Å². The molecule has 0 aliphatic carbocycles. The second-order valence-corrected chi connectivity index (χ2v) is 6.10. The Bertz CT molecular complexity index is 683. The molecule has 0 unspecified atom stereocenters. The number of thioether (sulfide) groups is 1. The summed E-state index contributed by atoms with van der Waals surface area (Å²) in [5, 5.41) is 0. The summed E-state index contributed by atoms with van der Waals surface area (Å²) in [5.41, 5.74) is -0.253. The van der Waals surface area contributed by atoms with Crippen LogP contribution in [0.4, 0.5) is 13.2 Å². The van der Waals surface area contributed by atoms with Crippen LogP contribution < -0.4 is 5.69 Å². The van der Waals surface area contributed by atoms with E-state index in [1.807, 2.05) is 11.8 Å². The first-order valence-electron chi connectivity index (χ1n) is 6.36. The lowest BCUT2D eigenvalue weighted by molar-refractivity contribution is -0.137. The zero-order chi connectivity index (χ0) is 14.3. The number of halogens is 3. The van der Waals surface area contributed by atoms with Crippen LogP contribution in [0.5, 0.6) is 0 Å². The van der Waals surface area contributed by atoms with Crippen molar-refractivity contribution in [2.24, 2.45) is 0 Å². The molecule has 1 aromatic carbocycles. The van der Waals surface area contributed by atoms with E-state index in [2.05, 4.69) is 4.98 Å². The normalized spacial score (nSPS) is 17.8. The van der Waals surface area contributed by atoms with Crippen molar-refractivity contribution in [1.29, 1.82) is 0 Å². The molecule has 0 saturated carbocycles. The van der Waals surface area contributed by atoms with Gasteiger partial charge in [0, 0.05) is 6.04 Å². The van der Waals surface area contributed by atoms with Crippen molar-refractivity contribution in [3.8, 4) is 0 Å². The van der Waals surface area contributed by atoms with Crippen molar-refractivity contribution in [3.05, 3.63) is 34.2 Å². The van der Waals surface area contributed by atoms with Gasteiger partial charge in [0.05, 0.1) is 16.6 Å². The monoisotopic (exact) mass is 302 g/mol. The molecule has 3 nitrogen and oxygen atoms in total. The van der Waals surface area contributed by atoms with Gasteiger partial charge >= 0.3 is 11.9 Å². The van der Waals surface area contributed by atoms with Gasteiger partial charge in [0.15, 0.2) is 0 Å². The van der Waals surface area contributed by atoms with E-state index < -0.39 is 11.7 Å². The molecule has 0 spiro atoms. The Hall–Kier alpha value is -1.37.